The third-order valence-electron chi connectivity index (χ3n) is 5.07. The average molecular weight is 366 g/mol. The molecule has 2 aromatic rings. The lowest BCUT2D eigenvalue weighted by Gasteiger charge is -2.37. The summed E-state index contributed by atoms with van der Waals surface area (Å²) in [4.78, 5) is 35.0. The maximum atomic E-state index is 12.8. The van der Waals surface area contributed by atoms with Crippen molar-refractivity contribution < 1.29 is 9.59 Å². The van der Waals surface area contributed by atoms with Crippen molar-refractivity contribution in [2.75, 3.05) is 37.6 Å². The van der Waals surface area contributed by atoms with Gasteiger partial charge in [-0.1, -0.05) is 36.4 Å². The standard InChI is InChI=1S/C21H26N4O2/c1-17(19-8-4-3-5-9-19)25(18(2)26)16-21(27)24-14-12-23(13-15-24)20-10-6-7-11-22-20/h3-11,17H,12-16H2,1-2H3. The Kier molecular flexibility index (Phi) is 6.06. The van der Waals surface area contributed by atoms with Gasteiger partial charge in [0.2, 0.25) is 11.8 Å². The number of nitrogens with zero attached hydrogens (tertiary/aromatic N) is 4. The van der Waals surface area contributed by atoms with Gasteiger partial charge in [0.15, 0.2) is 0 Å². The summed E-state index contributed by atoms with van der Waals surface area (Å²) < 4.78 is 0. The molecule has 6 nitrogen and oxygen atoms in total. The van der Waals surface area contributed by atoms with Crippen LogP contribution in [0, 0.1) is 0 Å². The van der Waals surface area contributed by atoms with Crippen molar-refractivity contribution in [2.24, 2.45) is 0 Å². The summed E-state index contributed by atoms with van der Waals surface area (Å²) >= 11 is 0. The van der Waals surface area contributed by atoms with Gasteiger partial charge in [0, 0.05) is 39.3 Å². The molecule has 0 aliphatic carbocycles. The predicted octanol–water partition coefficient (Wildman–Crippen LogP) is 2.34. The Hall–Kier alpha value is -2.89. The van der Waals surface area contributed by atoms with Gasteiger partial charge < -0.3 is 14.7 Å². The van der Waals surface area contributed by atoms with Crippen molar-refractivity contribution in [2.45, 2.75) is 19.9 Å². The molecule has 6 heteroatoms. The van der Waals surface area contributed by atoms with Crippen LogP contribution in [0.3, 0.4) is 0 Å². The molecular weight excluding hydrogens is 340 g/mol. The minimum absolute atomic E-state index is 0.00588. The number of amides is 2. The van der Waals surface area contributed by atoms with Crippen LogP contribution in [0.2, 0.25) is 0 Å². The summed E-state index contributed by atoms with van der Waals surface area (Å²) in [5.41, 5.74) is 1.03. The zero-order valence-electron chi connectivity index (χ0n) is 15.9. The van der Waals surface area contributed by atoms with Gasteiger partial charge >= 0.3 is 0 Å². The average Bonchev–Trinajstić information content (AvgIpc) is 2.72. The van der Waals surface area contributed by atoms with Crippen LogP contribution in [0.5, 0.6) is 0 Å². The molecule has 1 saturated heterocycles. The second-order valence-corrected chi connectivity index (χ2v) is 6.79. The lowest BCUT2D eigenvalue weighted by molar-refractivity contribution is -0.141. The molecule has 0 bridgehead atoms. The van der Waals surface area contributed by atoms with Gasteiger partial charge in [-0.25, -0.2) is 4.98 Å². The number of aromatic nitrogens is 1. The largest absolute Gasteiger partial charge is 0.353 e. The SMILES string of the molecule is CC(=O)N(CC(=O)N1CCN(c2ccccn2)CC1)C(C)c1ccccc1. The molecule has 1 atom stereocenters. The first-order valence-electron chi connectivity index (χ1n) is 9.32. The lowest BCUT2D eigenvalue weighted by atomic mass is 10.1. The van der Waals surface area contributed by atoms with E-state index in [1.807, 2.05) is 60.4 Å². The molecule has 2 heterocycles. The van der Waals surface area contributed by atoms with E-state index in [9.17, 15) is 9.59 Å². The van der Waals surface area contributed by atoms with E-state index in [1.165, 1.54) is 6.92 Å². The van der Waals surface area contributed by atoms with Crippen molar-refractivity contribution in [3.05, 3.63) is 60.3 Å². The smallest absolute Gasteiger partial charge is 0.242 e. The maximum Gasteiger partial charge on any atom is 0.242 e. The molecule has 0 spiro atoms. The van der Waals surface area contributed by atoms with E-state index in [2.05, 4.69) is 9.88 Å². The van der Waals surface area contributed by atoms with Crippen molar-refractivity contribution in [3.63, 3.8) is 0 Å². The number of benzene rings is 1. The Morgan fingerprint density at radius 1 is 1.04 bits per heavy atom. The van der Waals surface area contributed by atoms with Crippen LogP contribution < -0.4 is 4.90 Å². The van der Waals surface area contributed by atoms with E-state index in [1.54, 1.807) is 11.1 Å². The van der Waals surface area contributed by atoms with Gasteiger partial charge in [-0.05, 0) is 24.6 Å². The Bertz CT molecular complexity index is 758. The zero-order chi connectivity index (χ0) is 19.2. The highest BCUT2D eigenvalue weighted by Gasteiger charge is 2.26. The number of piperazine rings is 1. The summed E-state index contributed by atoms with van der Waals surface area (Å²) in [5, 5.41) is 0. The summed E-state index contributed by atoms with van der Waals surface area (Å²) in [5.74, 6) is 0.841. The molecule has 3 rings (SSSR count). The highest BCUT2D eigenvalue weighted by molar-refractivity contribution is 5.84. The second-order valence-electron chi connectivity index (χ2n) is 6.79. The van der Waals surface area contributed by atoms with Gasteiger partial charge in [0.1, 0.15) is 12.4 Å². The fraction of sp³-hybridized carbons (Fsp3) is 0.381. The van der Waals surface area contributed by atoms with Crippen LogP contribution in [0.1, 0.15) is 25.5 Å². The van der Waals surface area contributed by atoms with E-state index in [4.69, 9.17) is 0 Å². The molecule has 1 aromatic carbocycles. The van der Waals surface area contributed by atoms with E-state index < -0.39 is 0 Å². The molecule has 0 radical (unpaired) electrons. The summed E-state index contributed by atoms with van der Waals surface area (Å²) in [6.07, 6.45) is 1.78. The Balaban J connectivity index is 1.59. The fourth-order valence-corrected chi connectivity index (χ4v) is 3.40. The van der Waals surface area contributed by atoms with E-state index >= 15 is 0 Å². The number of anilines is 1. The minimum Gasteiger partial charge on any atom is -0.353 e. The van der Waals surface area contributed by atoms with Crippen molar-refractivity contribution in [1.29, 1.82) is 0 Å². The minimum atomic E-state index is -0.137. The number of hydrogen-bond acceptors (Lipinski definition) is 4. The van der Waals surface area contributed by atoms with E-state index in [-0.39, 0.29) is 24.4 Å². The van der Waals surface area contributed by atoms with Crippen LogP contribution in [0.4, 0.5) is 5.82 Å². The monoisotopic (exact) mass is 366 g/mol. The molecule has 1 unspecified atom stereocenters. The molecule has 1 aromatic heterocycles. The van der Waals surface area contributed by atoms with Gasteiger partial charge in [0.05, 0.1) is 6.04 Å². The van der Waals surface area contributed by atoms with Crippen LogP contribution in [-0.4, -0.2) is 59.3 Å². The van der Waals surface area contributed by atoms with E-state index in [0.717, 1.165) is 24.5 Å². The molecule has 2 amide bonds. The first-order chi connectivity index (χ1) is 13.1. The molecule has 27 heavy (non-hydrogen) atoms. The van der Waals surface area contributed by atoms with Crippen LogP contribution in [-0.2, 0) is 9.59 Å². The third-order valence-corrected chi connectivity index (χ3v) is 5.07. The molecule has 1 fully saturated rings. The van der Waals surface area contributed by atoms with Crippen LogP contribution in [0.15, 0.2) is 54.7 Å². The number of hydrogen-bond donors (Lipinski definition) is 0. The molecule has 0 N–H and O–H groups in total. The predicted molar refractivity (Wildman–Crippen MR) is 105 cm³/mol. The first kappa shape index (κ1) is 18.9. The third kappa shape index (κ3) is 4.64. The molecular formula is C21H26N4O2. The van der Waals surface area contributed by atoms with Gasteiger partial charge in [-0.2, -0.15) is 0 Å². The topological polar surface area (TPSA) is 56.8 Å². The van der Waals surface area contributed by atoms with Crippen LogP contribution >= 0.6 is 0 Å². The zero-order valence-corrected chi connectivity index (χ0v) is 15.9. The number of rotatable bonds is 5. The van der Waals surface area contributed by atoms with Crippen molar-refractivity contribution >= 4 is 17.6 Å². The van der Waals surface area contributed by atoms with Crippen molar-refractivity contribution in [3.8, 4) is 0 Å². The molecule has 142 valence electrons. The van der Waals surface area contributed by atoms with E-state index in [0.29, 0.717) is 13.1 Å². The number of pyridine rings is 1. The van der Waals surface area contributed by atoms with Crippen molar-refractivity contribution in [1.82, 2.24) is 14.8 Å². The molecule has 1 aliphatic rings. The summed E-state index contributed by atoms with van der Waals surface area (Å²) in [6, 6.07) is 15.5. The van der Waals surface area contributed by atoms with Gasteiger partial charge in [-0.15, -0.1) is 0 Å². The Morgan fingerprint density at radius 2 is 1.70 bits per heavy atom. The maximum absolute atomic E-state index is 12.8. The molecule has 0 saturated carbocycles. The Morgan fingerprint density at radius 3 is 2.30 bits per heavy atom. The van der Waals surface area contributed by atoms with Gasteiger partial charge in [-0.3, -0.25) is 9.59 Å². The second kappa shape index (κ2) is 8.66. The Labute approximate surface area is 160 Å². The molecule has 1 aliphatic heterocycles. The van der Waals surface area contributed by atoms with Gasteiger partial charge in [0.25, 0.3) is 0 Å². The fourth-order valence-electron chi connectivity index (χ4n) is 3.40. The summed E-state index contributed by atoms with van der Waals surface area (Å²) in [7, 11) is 0. The highest BCUT2D eigenvalue weighted by Crippen LogP contribution is 2.20. The number of carbonyl (C=O) groups is 2. The highest BCUT2D eigenvalue weighted by atomic mass is 16.2. The summed E-state index contributed by atoms with van der Waals surface area (Å²) in [6.45, 7) is 6.36. The first-order valence-corrected chi connectivity index (χ1v) is 9.32. The van der Waals surface area contributed by atoms with Crippen LogP contribution in [0.25, 0.3) is 0 Å². The lowest BCUT2D eigenvalue weighted by Crippen LogP contribution is -2.52. The normalized spacial score (nSPS) is 15.3. The number of carbonyl (C=O) groups excluding carboxylic acids is 2. The quantitative estimate of drug-likeness (QED) is 0.815.